The molecule has 4 N–H and O–H groups in total. The van der Waals surface area contributed by atoms with Crippen LogP contribution in [0.1, 0.15) is 112 Å². The first-order valence-electron chi connectivity index (χ1n) is 18.2. The Bertz CT molecular complexity index is 1510. The first-order valence-corrected chi connectivity index (χ1v) is 18.2. The molecule has 6 rings (SSSR count). The van der Waals surface area contributed by atoms with E-state index in [0.29, 0.717) is 36.2 Å². The van der Waals surface area contributed by atoms with Crippen LogP contribution in [0, 0.1) is 50.2 Å². The topological polar surface area (TPSA) is 134 Å². The summed E-state index contributed by atoms with van der Waals surface area (Å²) in [5.41, 5.74) is 1.04. The van der Waals surface area contributed by atoms with E-state index >= 15 is 0 Å². The molecule has 4 fully saturated rings. The Labute approximate surface area is 293 Å². The number of hydrogen-bond donors (Lipinski definition) is 4. The highest BCUT2D eigenvalue weighted by Crippen LogP contribution is 2.75. The average Bonchev–Trinajstić information content (AvgIpc) is 3.02. The van der Waals surface area contributed by atoms with Gasteiger partial charge in [0.1, 0.15) is 5.41 Å². The van der Waals surface area contributed by atoms with Crippen LogP contribution in [0.15, 0.2) is 35.9 Å². The van der Waals surface area contributed by atoms with Gasteiger partial charge in [0.15, 0.2) is 11.5 Å². The first-order chi connectivity index (χ1) is 22.7. The number of carboxylic acid groups (broad SMARTS) is 2. The molecule has 0 saturated heterocycles. The lowest BCUT2D eigenvalue weighted by Crippen LogP contribution is -2.67. The Hall–Kier alpha value is -2.84. The van der Waals surface area contributed by atoms with Crippen molar-refractivity contribution in [3.05, 3.63) is 41.5 Å². The largest absolute Gasteiger partial charge is 0.493 e. The number of aliphatic hydroxyl groups excluding tert-OH is 2. The number of methoxy groups -OCH3 is 2. The van der Waals surface area contributed by atoms with Crippen molar-refractivity contribution in [1.29, 1.82) is 0 Å². The summed E-state index contributed by atoms with van der Waals surface area (Å²) in [6.45, 7) is 16.4. The van der Waals surface area contributed by atoms with Crippen molar-refractivity contribution in [1.82, 2.24) is 0 Å². The monoisotopic (exact) mass is 680 g/mol. The van der Waals surface area contributed by atoms with Gasteiger partial charge < -0.3 is 29.9 Å². The predicted molar refractivity (Wildman–Crippen MR) is 190 cm³/mol. The van der Waals surface area contributed by atoms with Gasteiger partial charge in [0.05, 0.1) is 26.4 Å². The summed E-state index contributed by atoms with van der Waals surface area (Å²) in [7, 11) is 3.08. The number of hydrogen-bond acceptors (Lipinski definition) is 6. The fraction of sp³-hybridized carbons (Fsp3) is 0.707. The Morgan fingerprint density at radius 3 is 2.10 bits per heavy atom. The van der Waals surface area contributed by atoms with Crippen molar-refractivity contribution >= 4 is 18.0 Å². The van der Waals surface area contributed by atoms with Crippen molar-refractivity contribution in [2.24, 2.45) is 50.2 Å². The molecule has 5 aliphatic rings. The Balaban J connectivity index is 0.000000263. The van der Waals surface area contributed by atoms with E-state index in [1.165, 1.54) is 18.8 Å². The quantitative estimate of drug-likeness (QED) is 0.182. The molecule has 9 unspecified atom stereocenters. The summed E-state index contributed by atoms with van der Waals surface area (Å²) in [5, 5.41) is 41.5. The van der Waals surface area contributed by atoms with Gasteiger partial charge in [-0.15, -0.1) is 0 Å². The number of rotatable bonds is 5. The van der Waals surface area contributed by atoms with Crippen molar-refractivity contribution < 1.29 is 39.5 Å². The summed E-state index contributed by atoms with van der Waals surface area (Å²) >= 11 is 0. The van der Waals surface area contributed by atoms with E-state index in [0.717, 1.165) is 56.6 Å². The van der Waals surface area contributed by atoms with Crippen LogP contribution in [0.5, 0.6) is 11.5 Å². The zero-order valence-electron chi connectivity index (χ0n) is 31.1. The molecule has 9 atom stereocenters. The van der Waals surface area contributed by atoms with E-state index < -0.39 is 23.5 Å². The van der Waals surface area contributed by atoms with Gasteiger partial charge in [0.25, 0.3) is 0 Å². The van der Waals surface area contributed by atoms with Crippen molar-refractivity contribution in [3.63, 3.8) is 0 Å². The van der Waals surface area contributed by atoms with Gasteiger partial charge >= 0.3 is 11.9 Å². The normalized spacial score (nSPS) is 40.2. The molecule has 0 radical (unpaired) electrons. The number of aliphatic hydroxyl groups is 2. The third-order valence-electron chi connectivity index (χ3n) is 14.9. The minimum Gasteiger partial charge on any atom is -0.493 e. The summed E-state index contributed by atoms with van der Waals surface area (Å²) < 4.78 is 10.1. The fourth-order valence-electron chi connectivity index (χ4n) is 11.8. The lowest BCUT2D eigenvalue weighted by molar-refractivity contribution is -0.218. The molecule has 272 valence electrons. The minimum atomic E-state index is -1.04. The third kappa shape index (κ3) is 5.83. The first kappa shape index (κ1) is 37.4. The average molecular weight is 681 g/mol. The summed E-state index contributed by atoms with van der Waals surface area (Å²) in [6, 6.07) is 5.18. The van der Waals surface area contributed by atoms with Gasteiger partial charge in [-0.1, -0.05) is 66.2 Å². The highest BCUT2D eigenvalue weighted by atomic mass is 16.5. The van der Waals surface area contributed by atoms with Gasteiger partial charge in [-0.3, -0.25) is 4.79 Å². The highest BCUT2D eigenvalue weighted by Gasteiger charge is 2.71. The zero-order valence-corrected chi connectivity index (χ0v) is 31.1. The molecule has 8 heteroatoms. The van der Waals surface area contributed by atoms with Crippen molar-refractivity contribution in [2.75, 3.05) is 14.2 Å². The molecule has 1 aromatic carbocycles. The molecule has 0 bridgehead atoms. The second kappa shape index (κ2) is 12.7. The van der Waals surface area contributed by atoms with Crippen molar-refractivity contribution in [2.45, 2.75) is 118 Å². The predicted octanol–water partition coefficient (Wildman–Crippen LogP) is 8.01. The van der Waals surface area contributed by atoms with Gasteiger partial charge in [0, 0.05) is 6.08 Å². The van der Waals surface area contributed by atoms with Crippen LogP contribution in [0.3, 0.4) is 0 Å². The zero-order chi connectivity index (χ0) is 36.4. The maximum atomic E-state index is 12.8. The van der Waals surface area contributed by atoms with E-state index in [9.17, 15) is 24.9 Å². The van der Waals surface area contributed by atoms with Gasteiger partial charge in [-0.25, -0.2) is 4.79 Å². The molecular formula is C41H60O8. The number of ether oxygens (including phenoxy) is 2. The molecular weight excluding hydrogens is 620 g/mol. The molecule has 0 aromatic heterocycles. The van der Waals surface area contributed by atoms with Crippen LogP contribution in [0.25, 0.3) is 6.08 Å². The lowest BCUT2D eigenvalue weighted by Gasteiger charge is -2.71. The van der Waals surface area contributed by atoms with Gasteiger partial charge in [-0.2, -0.15) is 0 Å². The van der Waals surface area contributed by atoms with Crippen molar-refractivity contribution in [3.8, 4) is 11.5 Å². The molecule has 0 aliphatic heterocycles. The third-order valence-corrected chi connectivity index (χ3v) is 14.9. The minimum absolute atomic E-state index is 0.0218. The maximum absolute atomic E-state index is 12.8. The Morgan fingerprint density at radius 2 is 1.49 bits per heavy atom. The molecule has 8 nitrogen and oxygen atoms in total. The van der Waals surface area contributed by atoms with Gasteiger partial charge in [0.2, 0.25) is 0 Å². The lowest BCUT2D eigenvalue weighted by atomic mass is 9.33. The fourth-order valence-corrected chi connectivity index (χ4v) is 11.8. The Kier molecular flexibility index (Phi) is 9.72. The van der Waals surface area contributed by atoms with Gasteiger partial charge in [-0.05, 0) is 126 Å². The number of carbonyl (C=O) groups is 2. The number of benzene rings is 1. The van der Waals surface area contributed by atoms with Crippen LogP contribution >= 0.6 is 0 Å². The highest BCUT2D eigenvalue weighted by molar-refractivity contribution is 5.85. The number of allylic oxidation sites excluding steroid dienone is 2. The molecule has 0 spiro atoms. The summed E-state index contributed by atoms with van der Waals surface area (Å²) in [6.07, 6.45) is 11.9. The van der Waals surface area contributed by atoms with Crippen LogP contribution < -0.4 is 9.47 Å². The molecule has 0 amide bonds. The van der Waals surface area contributed by atoms with Crippen LogP contribution in [-0.2, 0) is 9.59 Å². The van der Waals surface area contributed by atoms with E-state index in [1.54, 1.807) is 25.3 Å². The summed E-state index contributed by atoms with van der Waals surface area (Å²) in [4.78, 5) is 23.1. The number of carboxylic acids is 2. The van der Waals surface area contributed by atoms with Crippen LogP contribution in [0.2, 0.25) is 0 Å². The SMILES string of the molecule is CC1(C)CCC2(C(=O)O)C(O)CC3(C)C(=CCC4C5(C)CCC(O)C(C)(C)C5CCC43C)C2C1.COc1ccc(C=CC(=O)O)cc1OC. The van der Waals surface area contributed by atoms with E-state index in [4.69, 9.17) is 14.6 Å². The maximum Gasteiger partial charge on any atom is 0.328 e. The molecule has 1 aromatic rings. The van der Waals surface area contributed by atoms with E-state index in [1.807, 2.05) is 0 Å². The molecule has 0 heterocycles. The number of fused-ring (bicyclic) bond motifs is 7. The smallest absolute Gasteiger partial charge is 0.328 e. The van der Waals surface area contributed by atoms with E-state index in [-0.39, 0.29) is 39.1 Å². The second-order valence-electron chi connectivity index (χ2n) is 17.9. The second-order valence-corrected chi connectivity index (χ2v) is 17.9. The summed E-state index contributed by atoms with van der Waals surface area (Å²) in [5.74, 6) is 0.297. The molecule has 49 heavy (non-hydrogen) atoms. The molecule has 5 aliphatic carbocycles. The standard InChI is InChI=1S/C30H48O4.C11H12O4/c1-25(2)14-15-30(24(33)34)19(16-25)18-8-9-21-27(5)12-11-22(31)26(3,4)20(27)10-13-28(21,6)29(18,7)17-23(30)32;1-14-9-5-3-8(4-6-11(12)13)7-10(9)15-2/h8,19-23,31-32H,9-17H2,1-7H3,(H,33,34);3-7H,1-2H3,(H,12,13). The van der Waals surface area contributed by atoms with Crippen LogP contribution in [-0.4, -0.2) is 58.8 Å². The number of aliphatic carboxylic acids is 2. The Morgan fingerprint density at radius 1 is 0.816 bits per heavy atom. The molecule has 4 saturated carbocycles. The van der Waals surface area contributed by atoms with E-state index in [2.05, 4.69) is 54.5 Å². The van der Waals surface area contributed by atoms with Crippen LogP contribution in [0.4, 0.5) is 0 Å².